The minimum Gasteiger partial charge on any atom is -0.327 e. The van der Waals surface area contributed by atoms with Gasteiger partial charge in [0.2, 0.25) is 0 Å². The van der Waals surface area contributed by atoms with Crippen molar-refractivity contribution in [1.29, 1.82) is 0 Å². The number of nitro benzene ring substituents is 1. The summed E-state index contributed by atoms with van der Waals surface area (Å²) in [5.74, 6) is 0.483. The van der Waals surface area contributed by atoms with Gasteiger partial charge in [0.1, 0.15) is 0 Å². The van der Waals surface area contributed by atoms with Crippen molar-refractivity contribution < 1.29 is 4.92 Å². The lowest BCUT2D eigenvalue weighted by molar-refractivity contribution is -0.383. The Bertz CT molecular complexity index is 595. The van der Waals surface area contributed by atoms with Crippen LogP contribution in [0.15, 0.2) is 17.6 Å². The largest absolute Gasteiger partial charge is 0.327 e. The van der Waals surface area contributed by atoms with Gasteiger partial charge in [0.15, 0.2) is 5.52 Å². The molecule has 0 radical (unpaired) electrons. The van der Waals surface area contributed by atoms with Gasteiger partial charge in [-0.15, -0.1) is 11.3 Å². The normalized spacial score (nSPS) is 13.1. The summed E-state index contributed by atoms with van der Waals surface area (Å²) in [6.07, 6.45) is 1.37. The summed E-state index contributed by atoms with van der Waals surface area (Å²) in [7, 11) is 0. The standard InChI is InChI=1S/C13H17N3O2S/c1-8(2)5-10(14)6-9-3-4-11-12(15-7-19-11)13(9)16(17)18/h3-4,7-8,10H,5-6,14H2,1-2H3. The molecule has 0 saturated heterocycles. The van der Waals surface area contributed by atoms with Gasteiger partial charge >= 0.3 is 0 Å². The number of hydrogen-bond acceptors (Lipinski definition) is 5. The molecule has 2 N–H and O–H groups in total. The van der Waals surface area contributed by atoms with Gasteiger partial charge in [-0.25, -0.2) is 4.98 Å². The third-order valence-corrected chi connectivity index (χ3v) is 3.79. The van der Waals surface area contributed by atoms with Crippen LogP contribution in [0.5, 0.6) is 0 Å². The van der Waals surface area contributed by atoms with E-state index >= 15 is 0 Å². The summed E-state index contributed by atoms with van der Waals surface area (Å²) >= 11 is 1.41. The van der Waals surface area contributed by atoms with Crippen molar-refractivity contribution in [2.45, 2.75) is 32.7 Å². The fraction of sp³-hybridized carbons (Fsp3) is 0.462. The van der Waals surface area contributed by atoms with Gasteiger partial charge < -0.3 is 5.73 Å². The van der Waals surface area contributed by atoms with Gasteiger partial charge in [-0.3, -0.25) is 10.1 Å². The van der Waals surface area contributed by atoms with Crippen molar-refractivity contribution in [1.82, 2.24) is 4.98 Å². The zero-order chi connectivity index (χ0) is 14.0. The van der Waals surface area contributed by atoms with Crippen LogP contribution in [0.25, 0.3) is 10.2 Å². The monoisotopic (exact) mass is 279 g/mol. The molecule has 1 aromatic heterocycles. The molecule has 0 bridgehead atoms. The van der Waals surface area contributed by atoms with Gasteiger partial charge in [0, 0.05) is 11.6 Å². The molecule has 1 unspecified atom stereocenters. The van der Waals surface area contributed by atoms with Crippen molar-refractivity contribution in [3.8, 4) is 0 Å². The number of rotatable bonds is 5. The van der Waals surface area contributed by atoms with E-state index in [-0.39, 0.29) is 16.7 Å². The minimum absolute atomic E-state index is 0.0604. The molecule has 5 nitrogen and oxygen atoms in total. The van der Waals surface area contributed by atoms with Gasteiger partial charge in [-0.05, 0) is 24.8 Å². The fourth-order valence-corrected chi connectivity index (χ4v) is 2.98. The topological polar surface area (TPSA) is 82.0 Å². The number of hydrogen-bond donors (Lipinski definition) is 1. The molecule has 0 aliphatic heterocycles. The third kappa shape index (κ3) is 3.08. The van der Waals surface area contributed by atoms with Crippen LogP contribution >= 0.6 is 11.3 Å². The molecular formula is C13H17N3O2S. The molecule has 6 heteroatoms. The summed E-state index contributed by atoms with van der Waals surface area (Å²) in [6, 6.07) is 3.63. The molecule has 0 spiro atoms. The zero-order valence-electron chi connectivity index (χ0n) is 11.0. The molecule has 1 heterocycles. The third-order valence-electron chi connectivity index (χ3n) is 3.00. The molecule has 2 aromatic rings. The lowest BCUT2D eigenvalue weighted by Crippen LogP contribution is -2.25. The van der Waals surface area contributed by atoms with Crippen LogP contribution in [-0.2, 0) is 6.42 Å². The zero-order valence-corrected chi connectivity index (χ0v) is 11.8. The van der Waals surface area contributed by atoms with Crippen molar-refractivity contribution >= 4 is 27.2 Å². The number of aromatic nitrogens is 1. The van der Waals surface area contributed by atoms with E-state index in [9.17, 15) is 10.1 Å². The van der Waals surface area contributed by atoms with Crippen molar-refractivity contribution in [3.63, 3.8) is 0 Å². The quantitative estimate of drug-likeness (QED) is 0.673. The molecular weight excluding hydrogens is 262 g/mol. The Labute approximate surface area is 115 Å². The predicted molar refractivity (Wildman–Crippen MR) is 77.4 cm³/mol. The highest BCUT2D eigenvalue weighted by Crippen LogP contribution is 2.31. The predicted octanol–water partition coefficient (Wildman–Crippen LogP) is 3.12. The highest BCUT2D eigenvalue weighted by Gasteiger charge is 2.22. The summed E-state index contributed by atoms with van der Waals surface area (Å²) < 4.78 is 0.841. The first kappa shape index (κ1) is 13.9. The van der Waals surface area contributed by atoms with Crippen LogP contribution in [0, 0.1) is 16.0 Å². The molecule has 2 rings (SSSR count). The SMILES string of the molecule is CC(C)CC(N)Cc1ccc2scnc2c1[N+](=O)[O-]. The van der Waals surface area contributed by atoms with E-state index in [0.29, 0.717) is 23.4 Å². The maximum Gasteiger partial charge on any atom is 0.299 e. The fourth-order valence-electron chi connectivity index (χ4n) is 2.30. The number of nitro groups is 1. The Morgan fingerprint density at radius 2 is 2.21 bits per heavy atom. The first-order chi connectivity index (χ1) is 8.99. The molecule has 1 aromatic carbocycles. The first-order valence-electron chi connectivity index (χ1n) is 6.24. The molecule has 19 heavy (non-hydrogen) atoms. The molecule has 0 aliphatic rings. The molecule has 0 fully saturated rings. The Kier molecular flexibility index (Phi) is 4.11. The van der Waals surface area contributed by atoms with E-state index < -0.39 is 0 Å². The maximum atomic E-state index is 11.3. The van der Waals surface area contributed by atoms with Crippen LogP contribution in [0.4, 0.5) is 5.69 Å². The number of thiazole rings is 1. The molecule has 0 amide bonds. The van der Waals surface area contributed by atoms with Crippen LogP contribution in [0.3, 0.4) is 0 Å². The van der Waals surface area contributed by atoms with Crippen LogP contribution in [0.2, 0.25) is 0 Å². The second-order valence-electron chi connectivity index (χ2n) is 5.12. The van der Waals surface area contributed by atoms with Gasteiger partial charge in [-0.2, -0.15) is 0 Å². The smallest absolute Gasteiger partial charge is 0.299 e. The molecule has 0 saturated carbocycles. The summed E-state index contributed by atoms with van der Waals surface area (Å²) in [6.45, 7) is 4.19. The molecule has 0 aliphatic carbocycles. The number of nitrogens with two attached hydrogens (primary N) is 1. The average Bonchev–Trinajstić information content (AvgIpc) is 2.74. The van der Waals surface area contributed by atoms with E-state index in [1.807, 2.05) is 6.07 Å². The van der Waals surface area contributed by atoms with Crippen molar-refractivity contribution in [2.75, 3.05) is 0 Å². The Hall–Kier alpha value is -1.53. The minimum atomic E-state index is -0.348. The Balaban J connectivity index is 2.36. The maximum absolute atomic E-state index is 11.3. The number of benzene rings is 1. The van der Waals surface area contributed by atoms with Crippen molar-refractivity contribution in [2.24, 2.45) is 11.7 Å². The van der Waals surface area contributed by atoms with Crippen LogP contribution in [0.1, 0.15) is 25.8 Å². The number of nitrogens with zero attached hydrogens (tertiary/aromatic N) is 2. The lowest BCUT2D eigenvalue weighted by Gasteiger charge is -2.14. The highest BCUT2D eigenvalue weighted by molar-refractivity contribution is 7.16. The Morgan fingerprint density at radius 1 is 1.47 bits per heavy atom. The van der Waals surface area contributed by atoms with E-state index in [2.05, 4.69) is 18.8 Å². The lowest BCUT2D eigenvalue weighted by atomic mass is 9.97. The van der Waals surface area contributed by atoms with E-state index in [4.69, 9.17) is 5.73 Å². The Morgan fingerprint density at radius 3 is 2.84 bits per heavy atom. The molecule has 102 valence electrons. The summed E-state index contributed by atoms with van der Waals surface area (Å²) in [5.41, 5.74) is 8.95. The van der Waals surface area contributed by atoms with E-state index in [0.717, 1.165) is 11.1 Å². The second kappa shape index (κ2) is 5.63. The van der Waals surface area contributed by atoms with Gasteiger partial charge in [0.25, 0.3) is 5.69 Å². The van der Waals surface area contributed by atoms with Gasteiger partial charge in [-0.1, -0.05) is 19.9 Å². The van der Waals surface area contributed by atoms with Crippen LogP contribution in [-0.4, -0.2) is 15.9 Å². The van der Waals surface area contributed by atoms with Gasteiger partial charge in [0.05, 0.1) is 15.1 Å². The summed E-state index contributed by atoms with van der Waals surface area (Å²) in [5, 5.41) is 11.3. The average molecular weight is 279 g/mol. The van der Waals surface area contributed by atoms with Crippen molar-refractivity contribution in [3.05, 3.63) is 33.3 Å². The number of fused-ring (bicyclic) bond motifs is 1. The van der Waals surface area contributed by atoms with Crippen LogP contribution < -0.4 is 5.73 Å². The highest BCUT2D eigenvalue weighted by atomic mass is 32.1. The first-order valence-corrected chi connectivity index (χ1v) is 7.12. The molecule has 1 atom stereocenters. The second-order valence-corrected chi connectivity index (χ2v) is 6.01. The summed E-state index contributed by atoms with van der Waals surface area (Å²) in [4.78, 5) is 15.0. The van der Waals surface area contributed by atoms with E-state index in [1.54, 1.807) is 11.6 Å². The van der Waals surface area contributed by atoms with E-state index in [1.165, 1.54) is 11.3 Å².